The van der Waals surface area contributed by atoms with Crippen LogP contribution in [0.1, 0.15) is 35.3 Å². The molecule has 30 heavy (non-hydrogen) atoms. The number of hydrogen-bond acceptors (Lipinski definition) is 2. The first-order valence-corrected chi connectivity index (χ1v) is 10.6. The highest BCUT2D eigenvalue weighted by atomic mass is 16.2. The van der Waals surface area contributed by atoms with Crippen LogP contribution in [-0.4, -0.2) is 16.9 Å². The van der Waals surface area contributed by atoms with E-state index in [-0.39, 0.29) is 11.9 Å². The lowest BCUT2D eigenvalue weighted by atomic mass is 10.0. The predicted octanol–water partition coefficient (Wildman–Crippen LogP) is 6.06. The van der Waals surface area contributed by atoms with Crippen molar-refractivity contribution in [3.63, 3.8) is 0 Å². The van der Waals surface area contributed by atoms with Gasteiger partial charge < -0.3 is 4.90 Å². The van der Waals surface area contributed by atoms with E-state index in [2.05, 4.69) is 44.2 Å². The molecule has 0 aliphatic carbocycles. The van der Waals surface area contributed by atoms with E-state index < -0.39 is 0 Å². The van der Waals surface area contributed by atoms with Gasteiger partial charge in [-0.25, -0.2) is 4.98 Å². The van der Waals surface area contributed by atoms with Crippen molar-refractivity contribution in [3.8, 4) is 11.3 Å². The van der Waals surface area contributed by atoms with Gasteiger partial charge in [-0.15, -0.1) is 0 Å². The Balaban J connectivity index is 1.65. The number of pyridine rings is 1. The number of anilines is 1. The van der Waals surface area contributed by atoms with E-state index in [9.17, 15) is 4.79 Å². The van der Waals surface area contributed by atoms with E-state index >= 15 is 0 Å². The van der Waals surface area contributed by atoms with Crippen LogP contribution in [0.4, 0.5) is 5.69 Å². The van der Waals surface area contributed by atoms with Gasteiger partial charge in [0.15, 0.2) is 0 Å². The molecule has 0 unspecified atom stereocenters. The smallest absolute Gasteiger partial charge is 0.259 e. The van der Waals surface area contributed by atoms with Crippen LogP contribution in [0, 0.1) is 0 Å². The fourth-order valence-electron chi connectivity index (χ4n) is 4.42. The molecule has 0 saturated heterocycles. The van der Waals surface area contributed by atoms with Crippen LogP contribution in [0.5, 0.6) is 0 Å². The normalized spacial score (nSPS) is 15.4. The van der Waals surface area contributed by atoms with Crippen molar-refractivity contribution >= 4 is 22.5 Å². The molecule has 0 fully saturated rings. The lowest BCUT2D eigenvalue weighted by Crippen LogP contribution is -2.35. The van der Waals surface area contributed by atoms with Gasteiger partial charge in [-0.1, -0.05) is 67.6 Å². The molecule has 1 aromatic heterocycles. The fraction of sp³-hybridized carbons (Fsp3) is 0.185. The molecule has 1 atom stereocenters. The number of benzene rings is 3. The van der Waals surface area contributed by atoms with Crippen molar-refractivity contribution in [2.45, 2.75) is 32.7 Å². The number of hydrogen-bond donors (Lipinski definition) is 0. The van der Waals surface area contributed by atoms with Gasteiger partial charge in [0.05, 0.1) is 16.8 Å². The maximum atomic E-state index is 13.8. The number of nitrogens with zero attached hydrogens (tertiary/aromatic N) is 2. The number of aryl methyl sites for hydroxylation is 1. The zero-order valence-electron chi connectivity index (χ0n) is 17.3. The summed E-state index contributed by atoms with van der Waals surface area (Å²) in [6.07, 6.45) is 1.89. The van der Waals surface area contributed by atoms with Gasteiger partial charge in [0, 0.05) is 22.7 Å². The minimum Gasteiger partial charge on any atom is -0.305 e. The van der Waals surface area contributed by atoms with Crippen molar-refractivity contribution in [3.05, 3.63) is 95.6 Å². The molecule has 148 valence electrons. The largest absolute Gasteiger partial charge is 0.305 e. The number of para-hydroxylation sites is 2. The lowest BCUT2D eigenvalue weighted by molar-refractivity contribution is 0.0983. The van der Waals surface area contributed by atoms with Gasteiger partial charge >= 0.3 is 0 Å². The molecule has 5 rings (SSSR count). The molecule has 3 aromatic carbocycles. The molecule has 0 radical (unpaired) electrons. The summed E-state index contributed by atoms with van der Waals surface area (Å²) in [5, 5.41) is 0.896. The predicted molar refractivity (Wildman–Crippen MR) is 123 cm³/mol. The quantitative estimate of drug-likeness (QED) is 0.425. The summed E-state index contributed by atoms with van der Waals surface area (Å²) in [5.41, 5.74) is 6.95. The van der Waals surface area contributed by atoms with Gasteiger partial charge in [0.25, 0.3) is 5.91 Å². The molecule has 1 aliphatic rings. The SMILES string of the molecule is CCc1ccc(-c2cc(C(=O)N3c4ccccc4C[C@H]3C)c3ccccc3n2)cc1. The maximum Gasteiger partial charge on any atom is 0.259 e. The molecule has 0 spiro atoms. The zero-order valence-corrected chi connectivity index (χ0v) is 17.3. The number of aromatic nitrogens is 1. The average Bonchev–Trinajstić information content (AvgIpc) is 3.13. The standard InChI is InChI=1S/C27H24N2O/c1-3-19-12-14-20(15-13-19)25-17-23(22-9-5-6-10-24(22)28-25)27(30)29-18(2)16-21-8-4-7-11-26(21)29/h4-15,17-18H,3,16H2,1-2H3/t18-/m1/s1. The highest BCUT2D eigenvalue weighted by Gasteiger charge is 2.32. The lowest BCUT2D eigenvalue weighted by Gasteiger charge is -2.24. The molecule has 0 bridgehead atoms. The van der Waals surface area contributed by atoms with E-state index in [1.54, 1.807) is 0 Å². The first-order valence-electron chi connectivity index (χ1n) is 10.6. The third-order valence-electron chi connectivity index (χ3n) is 6.03. The monoisotopic (exact) mass is 392 g/mol. The minimum atomic E-state index is 0.0393. The second kappa shape index (κ2) is 7.42. The molecule has 2 heterocycles. The van der Waals surface area contributed by atoms with Crippen molar-refractivity contribution in [1.82, 2.24) is 4.98 Å². The Labute approximate surface area is 177 Å². The molecule has 0 N–H and O–H groups in total. The Morgan fingerprint density at radius 3 is 2.53 bits per heavy atom. The third-order valence-corrected chi connectivity index (χ3v) is 6.03. The molecular weight excluding hydrogens is 368 g/mol. The Kier molecular flexibility index (Phi) is 4.59. The van der Waals surface area contributed by atoms with Crippen LogP contribution in [0.3, 0.4) is 0 Å². The van der Waals surface area contributed by atoms with Gasteiger partial charge in [-0.3, -0.25) is 4.79 Å². The van der Waals surface area contributed by atoms with E-state index in [0.717, 1.165) is 40.7 Å². The zero-order chi connectivity index (χ0) is 20.7. The first kappa shape index (κ1) is 18.6. The highest BCUT2D eigenvalue weighted by Crippen LogP contribution is 2.35. The van der Waals surface area contributed by atoms with Crippen molar-refractivity contribution in [1.29, 1.82) is 0 Å². The topological polar surface area (TPSA) is 33.2 Å². The molecule has 1 aliphatic heterocycles. The second-order valence-corrected chi connectivity index (χ2v) is 7.98. The minimum absolute atomic E-state index is 0.0393. The number of fused-ring (bicyclic) bond motifs is 2. The summed E-state index contributed by atoms with van der Waals surface area (Å²) in [4.78, 5) is 20.6. The molecule has 3 nitrogen and oxygen atoms in total. The molecule has 1 amide bonds. The summed E-state index contributed by atoms with van der Waals surface area (Å²) in [5.74, 6) is 0.0393. The fourth-order valence-corrected chi connectivity index (χ4v) is 4.42. The van der Waals surface area contributed by atoms with E-state index in [4.69, 9.17) is 4.98 Å². The van der Waals surface area contributed by atoms with Crippen LogP contribution in [0.25, 0.3) is 22.2 Å². The Morgan fingerprint density at radius 1 is 1.00 bits per heavy atom. The summed E-state index contributed by atoms with van der Waals surface area (Å²) >= 11 is 0. The van der Waals surface area contributed by atoms with Crippen molar-refractivity contribution in [2.24, 2.45) is 0 Å². The number of rotatable bonds is 3. The third kappa shape index (κ3) is 3.07. The van der Waals surface area contributed by atoms with Gasteiger partial charge in [0.1, 0.15) is 0 Å². The molecule has 3 heteroatoms. The first-order chi connectivity index (χ1) is 14.7. The van der Waals surface area contributed by atoms with Crippen molar-refractivity contribution in [2.75, 3.05) is 4.90 Å². The maximum absolute atomic E-state index is 13.8. The van der Waals surface area contributed by atoms with E-state index in [1.807, 2.05) is 53.4 Å². The highest BCUT2D eigenvalue weighted by molar-refractivity contribution is 6.15. The van der Waals surface area contributed by atoms with E-state index in [0.29, 0.717) is 5.56 Å². The van der Waals surface area contributed by atoms with Crippen LogP contribution in [0.15, 0.2) is 78.9 Å². The van der Waals surface area contributed by atoms with Crippen molar-refractivity contribution < 1.29 is 4.79 Å². The second-order valence-electron chi connectivity index (χ2n) is 7.98. The van der Waals surface area contributed by atoms with Gasteiger partial charge in [-0.05, 0) is 49.1 Å². The summed E-state index contributed by atoms with van der Waals surface area (Å²) < 4.78 is 0. The molecular formula is C27H24N2O. The number of carbonyl (C=O) groups is 1. The summed E-state index contributed by atoms with van der Waals surface area (Å²) in [6, 6.07) is 26.7. The molecule has 4 aromatic rings. The number of carbonyl (C=O) groups excluding carboxylic acids is 1. The Bertz CT molecular complexity index is 1240. The van der Waals surface area contributed by atoms with Gasteiger partial charge in [0.2, 0.25) is 0 Å². The molecule has 0 saturated carbocycles. The van der Waals surface area contributed by atoms with Crippen LogP contribution >= 0.6 is 0 Å². The summed E-state index contributed by atoms with van der Waals surface area (Å²) in [7, 11) is 0. The van der Waals surface area contributed by atoms with Gasteiger partial charge in [-0.2, -0.15) is 0 Å². The van der Waals surface area contributed by atoms with Crippen LogP contribution in [0.2, 0.25) is 0 Å². The summed E-state index contributed by atoms with van der Waals surface area (Å²) in [6.45, 7) is 4.26. The van der Waals surface area contributed by atoms with Crippen LogP contribution in [-0.2, 0) is 12.8 Å². The number of amides is 1. The van der Waals surface area contributed by atoms with Crippen LogP contribution < -0.4 is 4.90 Å². The Hall–Kier alpha value is -3.46. The Morgan fingerprint density at radius 2 is 1.73 bits per heavy atom. The average molecular weight is 393 g/mol. The van der Waals surface area contributed by atoms with E-state index in [1.165, 1.54) is 11.1 Å².